The summed E-state index contributed by atoms with van der Waals surface area (Å²) in [6.45, 7) is 1.55. The fourth-order valence-electron chi connectivity index (χ4n) is 0.760. The number of nitrogens with one attached hydrogen (secondary N) is 2. The Labute approximate surface area is 87.1 Å². The lowest BCUT2D eigenvalue weighted by Gasteiger charge is -2.05. The van der Waals surface area contributed by atoms with E-state index in [1.54, 1.807) is 6.92 Å². The molecule has 0 aromatic carbocycles. The van der Waals surface area contributed by atoms with E-state index in [2.05, 4.69) is 10.3 Å². The number of carbonyl (C=O) groups is 1. The molecule has 78 valence electrons. The molecule has 0 saturated carbocycles. The molecule has 0 aliphatic rings. The smallest absolute Gasteiger partial charge is 0.241 e. The normalized spacial score (nSPS) is 11.3. The summed E-state index contributed by atoms with van der Waals surface area (Å²) in [5.74, 6) is -0.378. The summed E-state index contributed by atoms with van der Waals surface area (Å²) in [6, 6.07) is 0.705. The van der Waals surface area contributed by atoms with Gasteiger partial charge in [-0.1, -0.05) is 0 Å². The minimum absolute atomic E-state index is 0. The third kappa shape index (κ3) is 3.20. The Kier molecular flexibility index (Phi) is 4.90. The monoisotopic (exact) mass is 217 g/mol. The third-order valence-electron chi connectivity index (χ3n) is 1.50. The zero-order valence-electron chi connectivity index (χ0n) is 7.61. The standard InChI is InChI=1S/C8H11N3O2.ClH/c1-5(9)8(13)11-6-4-10-3-2-7(6)12;/h2-5H,9H2,1H3,(H,10,12)(H,11,13);1H. The number of halogens is 1. The van der Waals surface area contributed by atoms with E-state index in [4.69, 9.17) is 5.73 Å². The minimum atomic E-state index is -0.625. The Morgan fingerprint density at radius 3 is 2.79 bits per heavy atom. The first-order chi connectivity index (χ1) is 6.11. The van der Waals surface area contributed by atoms with Gasteiger partial charge >= 0.3 is 0 Å². The first-order valence-corrected chi connectivity index (χ1v) is 3.85. The molecule has 1 unspecified atom stereocenters. The number of pyridine rings is 1. The van der Waals surface area contributed by atoms with Gasteiger partial charge in [-0.2, -0.15) is 0 Å². The largest absolute Gasteiger partial charge is 0.366 e. The highest BCUT2D eigenvalue weighted by atomic mass is 35.5. The van der Waals surface area contributed by atoms with Gasteiger partial charge in [-0.05, 0) is 6.92 Å². The van der Waals surface area contributed by atoms with Crippen LogP contribution in [-0.4, -0.2) is 16.9 Å². The first kappa shape index (κ1) is 12.7. The average Bonchev–Trinajstić information content (AvgIpc) is 2.08. The predicted molar refractivity (Wildman–Crippen MR) is 56.6 cm³/mol. The van der Waals surface area contributed by atoms with Gasteiger partial charge in [0.1, 0.15) is 5.69 Å². The summed E-state index contributed by atoms with van der Waals surface area (Å²) >= 11 is 0. The van der Waals surface area contributed by atoms with Crippen LogP contribution in [0.1, 0.15) is 6.92 Å². The molecule has 1 amide bonds. The lowest BCUT2D eigenvalue weighted by molar-refractivity contribution is -0.117. The molecule has 0 aliphatic heterocycles. The quantitative estimate of drug-likeness (QED) is 0.656. The zero-order chi connectivity index (χ0) is 9.84. The van der Waals surface area contributed by atoms with Crippen LogP contribution in [0.4, 0.5) is 5.69 Å². The summed E-state index contributed by atoms with van der Waals surface area (Å²) in [7, 11) is 0. The van der Waals surface area contributed by atoms with E-state index in [1.165, 1.54) is 18.5 Å². The van der Waals surface area contributed by atoms with E-state index < -0.39 is 6.04 Å². The van der Waals surface area contributed by atoms with Crippen LogP contribution in [0.15, 0.2) is 23.3 Å². The van der Waals surface area contributed by atoms with Crippen LogP contribution in [0.5, 0.6) is 0 Å². The molecule has 1 aromatic rings. The maximum Gasteiger partial charge on any atom is 0.241 e. The van der Waals surface area contributed by atoms with E-state index in [1.807, 2.05) is 0 Å². The lowest BCUT2D eigenvalue weighted by atomic mass is 10.3. The summed E-state index contributed by atoms with van der Waals surface area (Å²) < 4.78 is 0. The van der Waals surface area contributed by atoms with Crippen LogP contribution < -0.4 is 16.5 Å². The van der Waals surface area contributed by atoms with Crippen molar-refractivity contribution in [2.75, 3.05) is 5.32 Å². The molecule has 1 heterocycles. The molecule has 0 saturated heterocycles. The van der Waals surface area contributed by atoms with Gasteiger partial charge in [-0.15, -0.1) is 12.4 Å². The number of hydrogen-bond acceptors (Lipinski definition) is 3. The average molecular weight is 218 g/mol. The van der Waals surface area contributed by atoms with Crippen LogP contribution in [0, 0.1) is 0 Å². The van der Waals surface area contributed by atoms with E-state index in [-0.39, 0.29) is 29.4 Å². The molecular formula is C8H12ClN3O2. The minimum Gasteiger partial charge on any atom is -0.366 e. The van der Waals surface area contributed by atoms with Gasteiger partial charge in [0.25, 0.3) is 0 Å². The van der Waals surface area contributed by atoms with Gasteiger partial charge in [-0.25, -0.2) is 0 Å². The number of hydrogen-bond donors (Lipinski definition) is 3. The maximum atomic E-state index is 11.1. The van der Waals surface area contributed by atoms with Crippen LogP contribution in [0.25, 0.3) is 0 Å². The van der Waals surface area contributed by atoms with Crippen LogP contribution in [0.2, 0.25) is 0 Å². The fourth-order valence-corrected chi connectivity index (χ4v) is 0.760. The van der Waals surface area contributed by atoms with E-state index in [0.29, 0.717) is 0 Å². The number of amides is 1. The Morgan fingerprint density at radius 1 is 1.64 bits per heavy atom. The number of nitrogens with two attached hydrogens (primary N) is 1. The van der Waals surface area contributed by atoms with Crippen molar-refractivity contribution >= 4 is 24.0 Å². The van der Waals surface area contributed by atoms with Crippen LogP contribution >= 0.6 is 12.4 Å². The molecule has 1 atom stereocenters. The van der Waals surface area contributed by atoms with Gasteiger partial charge in [0.2, 0.25) is 11.3 Å². The molecule has 5 nitrogen and oxygen atoms in total. The van der Waals surface area contributed by atoms with Crippen LogP contribution in [-0.2, 0) is 4.79 Å². The highest BCUT2D eigenvalue weighted by molar-refractivity contribution is 5.94. The summed E-state index contributed by atoms with van der Waals surface area (Å²) in [5, 5.41) is 2.40. The molecule has 4 N–H and O–H groups in total. The van der Waals surface area contributed by atoms with Crippen molar-refractivity contribution < 1.29 is 4.79 Å². The van der Waals surface area contributed by atoms with Crippen molar-refractivity contribution in [3.05, 3.63) is 28.7 Å². The van der Waals surface area contributed by atoms with Gasteiger partial charge in [-0.3, -0.25) is 9.59 Å². The first-order valence-electron chi connectivity index (χ1n) is 3.85. The molecule has 0 aliphatic carbocycles. The summed E-state index contributed by atoms with van der Waals surface area (Å²) in [6.07, 6.45) is 2.91. The van der Waals surface area contributed by atoms with E-state index in [9.17, 15) is 9.59 Å². The molecular weight excluding hydrogens is 206 g/mol. The van der Waals surface area contributed by atoms with Crippen molar-refractivity contribution in [1.82, 2.24) is 4.98 Å². The Balaban J connectivity index is 0.00000169. The molecule has 14 heavy (non-hydrogen) atoms. The van der Waals surface area contributed by atoms with Gasteiger partial charge < -0.3 is 16.0 Å². The molecule has 0 spiro atoms. The number of aromatic nitrogens is 1. The second-order valence-electron chi connectivity index (χ2n) is 2.70. The lowest BCUT2D eigenvalue weighted by Crippen LogP contribution is -2.33. The molecule has 0 bridgehead atoms. The number of aromatic amines is 1. The number of rotatable bonds is 2. The Bertz CT molecular complexity index is 362. The third-order valence-corrected chi connectivity index (χ3v) is 1.50. The van der Waals surface area contributed by atoms with Crippen molar-refractivity contribution in [2.24, 2.45) is 5.73 Å². The van der Waals surface area contributed by atoms with Crippen molar-refractivity contribution in [3.8, 4) is 0 Å². The number of carbonyl (C=O) groups excluding carboxylic acids is 1. The molecule has 1 aromatic heterocycles. The second kappa shape index (κ2) is 5.41. The van der Waals surface area contributed by atoms with Gasteiger partial charge in [0.05, 0.1) is 6.04 Å². The Hall–Kier alpha value is -1.33. The fraction of sp³-hybridized carbons (Fsp3) is 0.250. The van der Waals surface area contributed by atoms with Crippen molar-refractivity contribution in [2.45, 2.75) is 13.0 Å². The van der Waals surface area contributed by atoms with Crippen molar-refractivity contribution in [1.29, 1.82) is 0 Å². The van der Waals surface area contributed by atoms with E-state index >= 15 is 0 Å². The zero-order valence-corrected chi connectivity index (χ0v) is 8.43. The van der Waals surface area contributed by atoms with Gasteiger partial charge in [0, 0.05) is 18.5 Å². The van der Waals surface area contributed by atoms with E-state index in [0.717, 1.165) is 0 Å². The highest BCUT2D eigenvalue weighted by Crippen LogP contribution is 1.95. The number of anilines is 1. The van der Waals surface area contributed by atoms with Crippen molar-refractivity contribution in [3.63, 3.8) is 0 Å². The topological polar surface area (TPSA) is 88.0 Å². The molecule has 0 fully saturated rings. The molecule has 0 radical (unpaired) electrons. The number of H-pyrrole nitrogens is 1. The Morgan fingerprint density at radius 2 is 2.29 bits per heavy atom. The molecule has 6 heteroatoms. The second-order valence-corrected chi connectivity index (χ2v) is 2.70. The highest BCUT2D eigenvalue weighted by Gasteiger charge is 2.08. The SMILES string of the molecule is CC(N)C(=O)Nc1c[nH]ccc1=O.Cl. The predicted octanol–water partition coefficient (Wildman–Crippen LogP) is 0.0824. The summed E-state index contributed by atoms with van der Waals surface area (Å²) in [5.41, 5.74) is 5.28. The maximum absolute atomic E-state index is 11.1. The van der Waals surface area contributed by atoms with Crippen LogP contribution in [0.3, 0.4) is 0 Å². The molecule has 1 rings (SSSR count). The van der Waals surface area contributed by atoms with Gasteiger partial charge in [0.15, 0.2) is 0 Å². The summed E-state index contributed by atoms with van der Waals surface area (Å²) in [4.78, 5) is 24.9.